The number of halogens is 2. The van der Waals surface area contributed by atoms with Crippen molar-refractivity contribution in [1.82, 2.24) is 0 Å². The van der Waals surface area contributed by atoms with Gasteiger partial charge in [-0.15, -0.1) is 11.3 Å². The fourth-order valence-electron chi connectivity index (χ4n) is 0.946. The van der Waals surface area contributed by atoms with E-state index in [2.05, 4.69) is 35.9 Å². The molecule has 0 aliphatic rings. The molecule has 0 fully saturated rings. The van der Waals surface area contributed by atoms with Gasteiger partial charge in [-0.25, -0.2) is 0 Å². The van der Waals surface area contributed by atoms with Crippen LogP contribution in [-0.2, 0) is 0 Å². The summed E-state index contributed by atoms with van der Waals surface area (Å²) in [6.45, 7) is 4.39. The highest BCUT2D eigenvalue weighted by Crippen LogP contribution is 2.24. The topological polar surface area (TPSA) is 0 Å². The molecule has 0 saturated carbocycles. The van der Waals surface area contributed by atoms with E-state index in [-0.39, 0.29) is 0 Å². The van der Waals surface area contributed by atoms with Crippen molar-refractivity contribution in [3.8, 4) is 0 Å². The Bertz CT molecular complexity index is 302. The highest BCUT2D eigenvalue weighted by Gasteiger charge is 2.02. The van der Waals surface area contributed by atoms with Crippen LogP contribution in [0.3, 0.4) is 0 Å². The molecule has 0 spiro atoms. The van der Waals surface area contributed by atoms with Crippen molar-refractivity contribution in [2.45, 2.75) is 13.8 Å². The Balaban J connectivity index is 2.84. The van der Waals surface area contributed by atoms with Crippen LogP contribution < -0.4 is 0 Å². The Morgan fingerprint density at radius 1 is 1.69 bits per heavy atom. The van der Waals surface area contributed by atoms with E-state index < -0.39 is 0 Å². The normalized spacial score (nSPS) is 12.5. The van der Waals surface area contributed by atoms with E-state index in [4.69, 9.17) is 11.6 Å². The fraction of sp³-hybridized carbons (Fsp3) is 0.400. The van der Waals surface area contributed by atoms with Crippen LogP contribution in [0.1, 0.15) is 18.7 Å². The zero-order valence-corrected chi connectivity index (χ0v) is 10.8. The zero-order chi connectivity index (χ0) is 9.84. The number of thiophene rings is 1. The van der Waals surface area contributed by atoms with E-state index in [9.17, 15) is 0 Å². The van der Waals surface area contributed by atoms with E-state index in [0.717, 1.165) is 10.4 Å². The second kappa shape index (κ2) is 5.18. The van der Waals surface area contributed by atoms with Gasteiger partial charge in [-0.1, -0.05) is 47.0 Å². The molecule has 1 heterocycles. The quantitative estimate of drug-likeness (QED) is 0.695. The first kappa shape index (κ1) is 11.3. The molecule has 3 heteroatoms. The van der Waals surface area contributed by atoms with Crippen LogP contribution in [0.15, 0.2) is 17.0 Å². The average molecular weight is 280 g/mol. The molecule has 1 aromatic heterocycles. The summed E-state index contributed by atoms with van der Waals surface area (Å²) in [5, 5.41) is 3.72. The molecule has 0 bridgehead atoms. The minimum atomic E-state index is 0.584. The predicted octanol–water partition coefficient (Wildman–Crippen LogP) is 4.84. The third-order valence-corrected chi connectivity index (χ3v) is 3.69. The summed E-state index contributed by atoms with van der Waals surface area (Å²) in [7, 11) is 0. The lowest BCUT2D eigenvalue weighted by molar-refractivity contribution is 0.781. The van der Waals surface area contributed by atoms with Crippen LogP contribution >= 0.6 is 38.9 Å². The maximum atomic E-state index is 5.84. The first-order valence-electron chi connectivity index (χ1n) is 4.14. The lowest BCUT2D eigenvalue weighted by Crippen LogP contribution is -1.93. The van der Waals surface area contributed by atoms with Crippen LogP contribution in [0.2, 0.25) is 5.02 Å². The Morgan fingerprint density at radius 2 is 2.38 bits per heavy atom. The summed E-state index contributed by atoms with van der Waals surface area (Å²) in [5.41, 5.74) is 1.40. The maximum Gasteiger partial charge on any atom is 0.0519 e. The van der Waals surface area contributed by atoms with Crippen LogP contribution in [0.4, 0.5) is 0 Å². The first-order valence-corrected chi connectivity index (χ1v) is 6.52. The standard InChI is InChI=1S/C10H12BrClS/c1-7(2)8(5-11)3-10-4-9(12)6-13-10/h3-4,6-7H,5H2,1-2H3. The number of hydrogen-bond donors (Lipinski definition) is 0. The van der Waals surface area contributed by atoms with E-state index in [1.54, 1.807) is 11.3 Å². The molecule has 0 N–H and O–H groups in total. The molecule has 0 aliphatic carbocycles. The molecule has 13 heavy (non-hydrogen) atoms. The van der Waals surface area contributed by atoms with E-state index in [1.165, 1.54) is 10.5 Å². The van der Waals surface area contributed by atoms with Gasteiger partial charge in [0.2, 0.25) is 0 Å². The number of rotatable bonds is 3. The lowest BCUT2D eigenvalue weighted by atomic mass is 10.1. The Hall–Kier alpha value is 0.210. The summed E-state index contributed by atoms with van der Waals surface area (Å²) in [6, 6.07) is 2.00. The number of allylic oxidation sites excluding steroid dienone is 1. The largest absolute Gasteiger partial charge is 0.143 e. The van der Waals surface area contributed by atoms with Gasteiger partial charge in [-0.3, -0.25) is 0 Å². The summed E-state index contributed by atoms with van der Waals surface area (Å²) in [4.78, 5) is 1.23. The van der Waals surface area contributed by atoms with Gasteiger partial charge in [-0.05, 0) is 18.1 Å². The average Bonchev–Trinajstić information content (AvgIpc) is 2.46. The molecule has 1 aromatic rings. The molecule has 1 rings (SSSR count). The van der Waals surface area contributed by atoms with Gasteiger partial charge in [-0.2, -0.15) is 0 Å². The minimum absolute atomic E-state index is 0.584. The summed E-state index contributed by atoms with van der Waals surface area (Å²) < 4.78 is 0. The molecule has 0 aliphatic heterocycles. The van der Waals surface area contributed by atoms with Gasteiger partial charge in [0.25, 0.3) is 0 Å². The molecule has 0 amide bonds. The van der Waals surface area contributed by atoms with Crippen molar-refractivity contribution in [2.75, 3.05) is 5.33 Å². The SMILES string of the molecule is CC(C)C(=Cc1cc(Cl)cs1)CBr. The van der Waals surface area contributed by atoms with Crippen molar-refractivity contribution in [2.24, 2.45) is 5.92 Å². The van der Waals surface area contributed by atoms with Crippen LogP contribution in [-0.4, -0.2) is 5.33 Å². The molecule has 0 aromatic carbocycles. The zero-order valence-electron chi connectivity index (χ0n) is 7.68. The van der Waals surface area contributed by atoms with Gasteiger partial charge in [0, 0.05) is 15.6 Å². The molecule has 0 atom stereocenters. The minimum Gasteiger partial charge on any atom is -0.143 e. The predicted molar refractivity (Wildman–Crippen MR) is 65.9 cm³/mol. The smallest absolute Gasteiger partial charge is 0.0519 e. The summed E-state index contributed by atoms with van der Waals surface area (Å²) in [6.07, 6.45) is 2.20. The van der Waals surface area contributed by atoms with Gasteiger partial charge in [0.05, 0.1) is 5.02 Å². The highest BCUT2D eigenvalue weighted by molar-refractivity contribution is 9.09. The van der Waals surface area contributed by atoms with E-state index in [0.29, 0.717) is 5.92 Å². The monoisotopic (exact) mass is 278 g/mol. The summed E-state index contributed by atoms with van der Waals surface area (Å²) >= 11 is 11.0. The van der Waals surface area contributed by atoms with E-state index in [1.807, 2.05) is 11.4 Å². The van der Waals surface area contributed by atoms with Gasteiger partial charge in [0.15, 0.2) is 0 Å². The first-order chi connectivity index (χ1) is 6.13. The Kier molecular flexibility index (Phi) is 4.50. The van der Waals surface area contributed by atoms with Crippen molar-refractivity contribution >= 4 is 44.9 Å². The highest BCUT2D eigenvalue weighted by atomic mass is 79.9. The molecule has 0 radical (unpaired) electrons. The second-order valence-corrected chi connectivity index (χ2v) is 5.11. The number of alkyl halides is 1. The van der Waals surface area contributed by atoms with Gasteiger partial charge >= 0.3 is 0 Å². The van der Waals surface area contributed by atoms with Crippen LogP contribution in [0, 0.1) is 5.92 Å². The Labute approximate surface area is 96.7 Å². The summed E-state index contributed by atoms with van der Waals surface area (Å²) in [5.74, 6) is 0.584. The Morgan fingerprint density at radius 3 is 2.77 bits per heavy atom. The number of hydrogen-bond acceptors (Lipinski definition) is 1. The van der Waals surface area contributed by atoms with E-state index >= 15 is 0 Å². The van der Waals surface area contributed by atoms with Crippen molar-refractivity contribution in [3.63, 3.8) is 0 Å². The van der Waals surface area contributed by atoms with Crippen LogP contribution in [0.5, 0.6) is 0 Å². The lowest BCUT2D eigenvalue weighted by Gasteiger charge is -2.06. The van der Waals surface area contributed by atoms with Crippen molar-refractivity contribution < 1.29 is 0 Å². The third kappa shape index (κ3) is 3.45. The molecule has 0 unspecified atom stereocenters. The molecule has 0 saturated heterocycles. The second-order valence-electron chi connectivity index (χ2n) is 3.17. The third-order valence-electron chi connectivity index (χ3n) is 1.81. The van der Waals surface area contributed by atoms with Crippen LogP contribution in [0.25, 0.3) is 6.08 Å². The molecular formula is C10H12BrClS. The molecule has 72 valence electrons. The van der Waals surface area contributed by atoms with Crippen molar-refractivity contribution in [3.05, 3.63) is 26.9 Å². The molecule has 0 nitrogen and oxygen atoms in total. The van der Waals surface area contributed by atoms with Crippen molar-refractivity contribution in [1.29, 1.82) is 0 Å². The van der Waals surface area contributed by atoms with Gasteiger partial charge < -0.3 is 0 Å². The maximum absolute atomic E-state index is 5.84. The van der Waals surface area contributed by atoms with Gasteiger partial charge in [0.1, 0.15) is 0 Å². The fourth-order valence-corrected chi connectivity index (χ4v) is 2.80. The molecular weight excluding hydrogens is 268 g/mol.